The number of nitrogens with zero attached hydrogens (tertiary/aromatic N) is 4. The lowest BCUT2D eigenvalue weighted by Gasteiger charge is -2.22. The Morgan fingerprint density at radius 1 is 1.06 bits per heavy atom. The molecule has 32 heavy (non-hydrogen) atoms. The summed E-state index contributed by atoms with van der Waals surface area (Å²) in [5.74, 6) is 1.97. The SMILES string of the molecule is COc1ccccc1C(=O)N1CCCN(C(=O)c2ccc(CSc3nccn3C)o2)CC1. The first-order valence-corrected chi connectivity index (χ1v) is 11.5. The number of carbonyl (C=O) groups excluding carboxylic acids is 2. The smallest absolute Gasteiger partial charge is 0.289 e. The van der Waals surface area contributed by atoms with Gasteiger partial charge in [0.25, 0.3) is 11.8 Å². The van der Waals surface area contributed by atoms with E-state index in [-0.39, 0.29) is 11.8 Å². The Morgan fingerprint density at radius 2 is 1.81 bits per heavy atom. The summed E-state index contributed by atoms with van der Waals surface area (Å²) in [5.41, 5.74) is 0.538. The van der Waals surface area contributed by atoms with E-state index in [1.807, 2.05) is 36.0 Å². The number of methoxy groups -OCH3 is 1. The second kappa shape index (κ2) is 9.95. The lowest BCUT2D eigenvalue weighted by molar-refractivity contribution is 0.0698. The summed E-state index contributed by atoms with van der Waals surface area (Å²) in [7, 11) is 3.50. The fourth-order valence-electron chi connectivity index (χ4n) is 3.67. The second-order valence-electron chi connectivity index (χ2n) is 7.51. The van der Waals surface area contributed by atoms with E-state index in [2.05, 4.69) is 4.98 Å². The van der Waals surface area contributed by atoms with Crippen LogP contribution in [0.5, 0.6) is 5.75 Å². The molecule has 2 aromatic heterocycles. The van der Waals surface area contributed by atoms with Crippen LogP contribution in [0.4, 0.5) is 0 Å². The molecule has 0 bridgehead atoms. The largest absolute Gasteiger partial charge is 0.496 e. The third kappa shape index (κ3) is 4.83. The van der Waals surface area contributed by atoms with E-state index in [1.54, 1.807) is 53.1 Å². The van der Waals surface area contributed by atoms with Gasteiger partial charge in [0.05, 0.1) is 18.4 Å². The molecule has 9 heteroatoms. The van der Waals surface area contributed by atoms with Crippen LogP contribution in [-0.4, -0.2) is 64.5 Å². The first kappa shape index (κ1) is 22.0. The maximum atomic E-state index is 13.0. The summed E-state index contributed by atoms with van der Waals surface area (Å²) in [4.78, 5) is 33.8. The summed E-state index contributed by atoms with van der Waals surface area (Å²) in [6.07, 6.45) is 4.34. The Balaban J connectivity index is 1.36. The number of furan rings is 1. The van der Waals surface area contributed by atoms with Crippen molar-refractivity contribution in [3.05, 3.63) is 65.9 Å². The minimum Gasteiger partial charge on any atom is -0.496 e. The Morgan fingerprint density at radius 3 is 2.53 bits per heavy atom. The summed E-state index contributed by atoms with van der Waals surface area (Å²) in [6.45, 7) is 2.08. The number of ether oxygens (including phenoxy) is 1. The van der Waals surface area contributed by atoms with E-state index >= 15 is 0 Å². The highest BCUT2D eigenvalue weighted by atomic mass is 32.2. The highest BCUT2D eigenvalue weighted by Gasteiger charge is 2.26. The topological polar surface area (TPSA) is 80.8 Å². The van der Waals surface area contributed by atoms with Crippen molar-refractivity contribution in [1.29, 1.82) is 0 Å². The van der Waals surface area contributed by atoms with Gasteiger partial charge in [-0.2, -0.15) is 0 Å². The predicted octanol–water partition coefficient (Wildman–Crippen LogP) is 3.30. The van der Waals surface area contributed by atoms with E-state index < -0.39 is 0 Å². The molecule has 0 unspecified atom stereocenters. The van der Waals surface area contributed by atoms with Crippen LogP contribution >= 0.6 is 11.8 Å². The molecule has 1 saturated heterocycles. The molecule has 0 N–H and O–H groups in total. The maximum Gasteiger partial charge on any atom is 0.289 e. The number of carbonyl (C=O) groups is 2. The summed E-state index contributed by atoms with van der Waals surface area (Å²) in [5, 5.41) is 0.890. The number of amides is 2. The van der Waals surface area contributed by atoms with E-state index in [4.69, 9.17) is 9.15 Å². The van der Waals surface area contributed by atoms with Crippen LogP contribution in [0, 0.1) is 0 Å². The lowest BCUT2D eigenvalue weighted by Crippen LogP contribution is -2.37. The highest BCUT2D eigenvalue weighted by Crippen LogP contribution is 2.23. The monoisotopic (exact) mass is 454 g/mol. The van der Waals surface area contributed by atoms with Crippen LogP contribution < -0.4 is 4.74 Å². The van der Waals surface area contributed by atoms with Gasteiger partial charge in [-0.25, -0.2) is 4.98 Å². The third-order valence-electron chi connectivity index (χ3n) is 5.40. The molecule has 4 rings (SSSR count). The van der Waals surface area contributed by atoms with E-state index in [0.29, 0.717) is 55.4 Å². The lowest BCUT2D eigenvalue weighted by atomic mass is 10.1. The van der Waals surface area contributed by atoms with Gasteiger partial charge in [0, 0.05) is 45.6 Å². The van der Waals surface area contributed by atoms with Crippen LogP contribution in [0.2, 0.25) is 0 Å². The number of aryl methyl sites for hydroxylation is 1. The highest BCUT2D eigenvalue weighted by molar-refractivity contribution is 7.98. The van der Waals surface area contributed by atoms with E-state index in [0.717, 1.165) is 10.9 Å². The molecule has 2 amide bonds. The first-order chi connectivity index (χ1) is 15.6. The van der Waals surface area contributed by atoms with Crippen LogP contribution in [0.25, 0.3) is 0 Å². The molecule has 8 nitrogen and oxygen atoms in total. The van der Waals surface area contributed by atoms with Gasteiger partial charge in [-0.1, -0.05) is 23.9 Å². The maximum absolute atomic E-state index is 13.0. The molecule has 1 fully saturated rings. The van der Waals surface area contributed by atoms with Crippen LogP contribution in [0.3, 0.4) is 0 Å². The molecule has 0 aliphatic carbocycles. The first-order valence-electron chi connectivity index (χ1n) is 10.5. The van der Waals surface area contributed by atoms with Gasteiger partial charge < -0.3 is 23.5 Å². The zero-order valence-corrected chi connectivity index (χ0v) is 19.0. The van der Waals surface area contributed by atoms with Gasteiger partial charge in [-0.3, -0.25) is 9.59 Å². The second-order valence-corrected chi connectivity index (χ2v) is 8.46. The fourth-order valence-corrected chi connectivity index (χ4v) is 4.49. The van der Waals surface area contributed by atoms with Gasteiger partial charge in [-0.15, -0.1) is 0 Å². The van der Waals surface area contributed by atoms with Crippen molar-refractivity contribution in [2.45, 2.75) is 17.3 Å². The molecule has 3 heterocycles. The zero-order chi connectivity index (χ0) is 22.5. The Kier molecular flexibility index (Phi) is 6.84. The molecule has 0 atom stereocenters. The third-order valence-corrected chi connectivity index (χ3v) is 6.48. The Bertz CT molecular complexity index is 1090. The van der Waals surface area contributed by atoms with Gasteiger partial charge >= 0.3 is 0 Å². The number of thioether (sulfide) groups is 1. The quantitative estimate of drug-likeness (QED) is 0.532. The molecular formula is C23H26N4O4S. The van der Waals surface area contributed by atoms with Crippen molar-refractivity contribution >= 4 is 23.6 Å². The van der Waals surface area contributed by atoms with Crippen molar-refractivity contribution in [3.63, 3.8) is 0 Å². The molecule has 1 aromatic carbocycles. The van der Waals surface area contributed by atoms with Crippen LogP contribution in [0.1, 0.15) is 33.1 Å². The number of benzene rings is 1. The minimum absolute atomic E-state index is 0.0802. The van der Waals surface area contributed by atoms with Crippen molar-refractivity contribution in [2.75, 3.05) is 33.3 Å². The molecule has 0 radical (unpaired) electrons. The molecule has 168 valence electrons. The summed E-state index contributed by atoms with van der Waals surface area (Å²) < 4.78 is 13.1. The minimum atomic E-state index is -0.148. The van der Waals surface area contributed by atoms with Crippen molar-refractivity contribution < 1.29 is 18.7 Å². The van der Waals surface area contributed by atoms with Crippen LogP contribution in [-0.2, 0) is 12.8 Å². The number of rotatable bonds is 6. The molecule has 1 aliphatic rings. The van der Waals surface area contributed by atoms with Gasteiger partial charge in [-0.05, 0) is 30.7 Å². The molecule has 1 aliphatic heterocycles. The van der Waals surface area contributed by atoms with Gasteiger partial charge in [0.2, 0.25) is 0 Å². The molecular weight excluding hydrogens is 428 g/mol. The molecule has 3 aromatic rings. The Labute approximate surface area is 191 Å². The van der Waals surface area contributed by atoms with Gasteiger partial charge in [0.1, 0.15) is 11.5 Å². The summed E-state index contributed by atoms with van der Waals surface area (Å²) >= 11 is 1.55. The predicted molar refractivity (Wildman–Crippen MR) is 121 cm³/mol. The van der Waals surface area contributed by atoms with Crippen molar-refractivity contribution in [1.82, 2.24) is 19.4 Å². The number of imidazole rings is 1. The van der Waals surface area contributed by atoms with Gasteiger partial charge in [0.15, 0.2) is 10.9 Å². The number of para-hydroxylation sites is 1. The number of aromatic nitrogens is 2. The average Bonchev–Trinajstić information content (AvgIpc) is 3.38. The molecule has 0 saturated carbocycles. The number of hydrogen-bond donors (Lipinski definition) is 0. The Hall–Kier alpha value is -3.20. The standard InChI is InChI=1S/C23H26N4O4S/c1-25-13-10-24-23(25)32-16-17-8-9-20(31-17)22(29)27-12-5-11-26(14-15-27)21(28)18-6-3-4-7-19(18)30-2/h3-4,6-10,13H,5,11-12,14-16H2,1-2H3. The van der Waals surface area contributed by atoms with Crippen molar-refractivity contribution in [2.24, 2.45) is 7.05 Å². The van der Waals surface area contributed by atoms with E-state index in [9.17, 15) is 9.59 Å². The average molecular weight is 455 g/mol. The summed E-state index contributed by atoms with van der Waals surface area (Å²) in [6, 6.07) is 10.8. The fraction of sp³-hybridized carbons (Fsp3) is 0.348. The number of hydrogen-bond acceptors (Lipinski definition) is 6. The van der Waals surface area contributed by atoms with Crippen LogP contribution in [0.15, 0.2) is 58.4 Å². The zero-order valence-electron chi connectivity index (χ0n) is 18.2. The van der Waals surface area contributed by atoms with Crippen molar-refractivity contribution in [3.8, 4) is 5.75 Å². The normalized spacial score (nSPS) is 14.3. The molecule has 0 spiro atoms. The van der Waals surface area contributed by atoms with E-state index in [1.165, 1.54) is 0 Å².